The van der Waals surface area contributed by atoms with Gasteiger partial charge in [-0.3, -0.25) is 19.7 Å². The summed E-state index contributed by atoms with van der Waals surface area (Å²) in [5.41, 5.74) is 7.92. The molecule has 0 fully saturated rings. The molecular formula is C23H17N3O4. The number of hydrogen-bond donors (Lipinski definition) is 2. The Bertz CT molecular complexity index is 1220. The van der Waals surface area contributed by atoms with E-state index in [0.29, 0.717) is 16.7 Å². The number of carbonyl (C=O) groups excluding carboxylic acids is 2. The summed E-state index contributed by atoms with van der Waals surface area (Å²) in [5.74, 6) is -0.601. The van der Waals surface area contributed by atoms with E-state index in [1.54, 1.807) is 24.3 Å². The van der Waals surface area contributed by atoms with E-state index in [2.05, 4.69) is 5.32 Å². The summed E-state index contributed by atoms with van der Waals surface area (Å²) in [6.07, 6.45) is 0.243. The fraction of sp³-hybridized carbons (Fsp3) is 0.0435. The smallest absolute Gasteiger partial charge is 0.273 e. The summed E-state index contributed by atoms with van der Waals surface area (Å²) in [7, 11) is 0. The minimum Gasteiger partial charge on any atom is -0.398 e. The normalized spacial score (nSPS) is 13.2. The number of benzene rings is 3. The third kappa shape index (κ3) is 3.56. The van der Waals surface area contributed by atoms with Crippen LogP contribution in [-0.4, -0.2) is 16.5 Å². The van der Waals surface area contributed by atoms with Crippen LogP contribution < -0.4 is 11.1 Å². The molecule has 0 heterocycles. The zero-order valence-electron chi connectivity index (χ0n) is 15.8. The number of nitrogens with one attached hydrogen (secondary N) is 1. The maximum atomic E-state index is 13.2. The predicted octanol–water partition coefficient (Wildman–Crippen LogP) is 4.16. The number of nitrogens with two attached hydrogens (primary N) is 1. The Morgan fingerprint density at radius 1 is 0.867 bits per heavy atom. The standard InChI is InChI=1S/C23H17N3O4/c24-15-11-16(13-17(12-15)26(29)30)25-21-20(10-14-6-2-1-3-7-14)22(27)18-8-4-5-9-19(18)23(21)28/h1-9,11-13,25H,10,24H2. The van der Waals surface area contributed by atoms with E-state index >= 15 is 0 Å². The molecule has 0 bridgehead atoms. The fourth-order valence-corrected chi connectivity index (χ4v) is 3.48. The van der Waals surface area contributed by atoms with Crippen molar-refractivity contribution < 1.29 is 14.5 Å². The molecule has 0 unspecified atom stereocenters. The molecule has 3 aromatic rings. The molecule has 0 atom stereocenters. The van der Waals surface area contributed by atoms with Gasteiger partial charge in [0, 0.05) is 46.6 Å². The third-order valence-electron chi connectivity index (χ3n) is 4.86. The number of Topliss-reactive ketones (excluding diaryl/α,β-unsaturated/α-hetero) is 2. The van der Waals surface area contributed by atoms with Crippen LogP contribution in [0.25, 0.3) is 0 Å². The molecule has 7 heteroatoms. The lowest BCUT2D eigenvalue weighted by molar-refractivity contribution is -0.384. The van der Waals surface area contributed by atoms with Gasteiger partial charge in [-0.15, -0.1) is 0 Å². The van der Waals surface area contributed by atoms with Crippen molar-refractivity contribution >= 4 is 28.6 Å². The number of non-ortho nitro benzene ring substituents is 1. The molecule has 0 saturated carbocycles. The highest BCUT2D eigenvalue weighted by atomic mass is 16.6. The summed E-state index contributed by atoms with van der Waals surface area (Å²) >= 11 is 0. The summed E-state index contributed by atoms with van der Waals surface area (Å²) in [5, 5.41) is 14.1. The Hall–Kier alpha value is -4.26. The van der Waals surface area contributed by atoms with Crippen LogP contribution in [0.3, 0.4) is 0 Å². The summed E-state index contributed by atoms with van der Waals surface area (Å²) < 4.78 is 0. The van der Waals surface area contributed by atoms with E-state index < -0.39 is 4.92 Å². The second-order valence-electron chi connectivity index (χ2n) is 6.92. The van der Waals surface area contributed by atoms with Gasteiger partial charge in [0.25, 0.3) is 5.69 Å². The molecule has 3 N–H and O–H groups in total. The monoisotopic (exact) mass is 399 g/mol. The predicted molar refractivity (Wildman–Crippen MR) is 113 cm³/mol. The van der Waals surface area contributed by atoms with Crippen LogP contribution >= 0.6 is 0 Å². The van der Waals surface area contributed by atoms with E-state index in [9.17, 15) is 19.7 Å². The van der Waals surface area contributed by atoms with Crippen LogP contribution in [0.5, 0.6) is 0 Å². The highest BCUT2D eigenvalue weighted by Gasteiger charge is 2.32. The van der Waals surface area contributed by atoms with Gasteiger partial charge in [0.1, 0.15) is 0 Å². The van der Waals surface area contributed by atoms with Crippen molar-refractivity contribution in [3.63, 3.8) is 0 Å². The van der Waals surface area contributed by atoms with Crippen LogP contribution in [0, 0.1) is 10.1 Å². The number of allylic oxidation sites excluding steroid dienone is 2. The van der Waals surface area contributed by atoms with Crippen molar-refractivity contribution in [2.24, 2.45) is 0 Å². The highest BCUT2D eigenvalue weighted by Crippen LogP contribution is 2.31. The van der Waals surface area contributed by atoms with Gasteiger partial charge >= 0.3 is 0 Å². The average molecular weight is 399 g/mol. The molecule has 1 aliphatic rings. The van der Waals surface area contributed by atoms with Gasteiger partial charge < -0.3 is 11.1 Å². The van der Waals surface area contributed by atoms with Crippen molar-refractivity contribution in [2.75, 3.05) is 11.1 Å². The van der Waals surface area contributed by atoms with Gasteiger partial charge in [-0.25, -0.2) is 0 Å². The van der Waals surface area contributed by atoms with E-state index in [4.69, 9.17) is 5.73 Å². The Morgan fingerprint density at radius 2 is 1.50 bits per heavy atom. The largest absolute Gasteiger partial charge is 0.398 e. The topological polar surface area (TPSA) is 115 Å². The van der Waals surface area contributed by atoms with E-state index in [-0.39, 0.29) is 40.7 Å². The van der Waals surface area contributed by atoms with Crippen molar-refractivity contribution in [1.82, 2.24) is 0 Å². The number of ketones is 2. The van der Waals surface area contributed by atoms with Gasteiger partial charge in [-0.05, 0) is 11.6 Å². The second kappa shape index (κ2) is 7.63. The molecule has 0 saturated heterocycles. The lowest BCUT2D eigenvalue weighted by atomic mass is 9.84. The molecule has 148 valence electrons. The molecule has 0 spiro atoms. The van der Waals surface area contributed by atoms with Crippen molar-refractivity contribution in [1.29, 1.82) is 0 Å². The third-order valence-corrected chi connectivity index (χ3v) is 4.86. The van der Waals surface area contributed by atoms with Crippen LogP contribution in [0.2, 0.25) is 0 Å². The van der Waals surface area contributed by atoms with Gasteiger partial charge in [0.2, 0.25) is 5.78 Å². The number of nitro groups is 1. The Morgan fingerprint density at radius 3 is 2.17 bits per heavy atom. The highest BCUT2D eigenvalue weighted by molar-refractivity contribution is 6.27. The molecule has 1 aliphatic carbocycles. The van der Waals surface area contributed by atoms with E-state index in [0.717, 1.165) is 5.56 Å². The van der Waals surface area contributed by atoms with Crippen LogP contribution in [0.4, 0.5) is 17.1 Å². The molecule has 30 heavy (non-hydrogen) atoms. The van der Waals surface area contributed by atoms with Crippen molar-refractivity contribution in [3.8, 4) is 0 Å². The van der Waals surface area contributed by atoms with Crippen LogP contribution in [0.15, 0.2) is 84.1 Å². The first kappa shape index (κ1) is 19.1. The van der Waals surface area contributed by atoms with E-state index in [1.807, 2.05) is 30.3 Å². The zero-order valence-corrected chi connectivity index (χ0v) is 15.8. The summed E-state index contributed by atoms with van der Waals surface area (Å²) in [6, 6.07) is 19.9. The summed E-state index contributed by atoms with van der Waals surface area (Å²) in [4.78, 5) is 37.1. The van der Waals surface area contributed by atoms with Gasteiger partial charge in [0.05, 0.1) is 10.6 Å². The summed E-state index contributed by atoms with van der Waals surface area (Å²) in [6.45, 7) is 0. The fourth-order valence-electron chi connectivity index (χ4n) is 3.48. The second-order valence-corrected chi connectivity index (χ2v) is 6.92. The quantitative estimate of drug-likeness (QED) is 0.378. The molecule has 0 aromatic heterocycles. The van der Waals surface area contributed by atoms with Crippen LogP contribution in [-0.2, 0) is 6.42 Å². The Kier molecular flexibility index (Phi) is 4.85. The first-order valence-corrected chi connectivity index (χ1v) is 9.21. The number of nitro benzene ring substituents is 1. The number of rotatable bonds is 5. The van der Waals surface area contributed by atoms with Crippen LogP contribution in [0.1, 0.15) is 26.3 Å². The lowest BCUT2D eigenvalue weighted by Crippen LogP contribution is -2.27. The maximum absolute atomic E-state index is 13.2. The molecule has 0 amide bonds. The molecule has 4 rings (SSSR count). The molecule has 3 aromatic carbocycles. The molecule has 7 nitrogen and oxygen atoms in total. The number of nitrogen functional groups attached to an aromatic ring is 1. The number of anilines is 2. The van der Waals surface area contributed by atoms with E-state index in [1.165, 1.54) is 18.2 Å². The molecule has 0 radical (unpaired) electrons. The first-order chi connectivity index (χ1) is 14.4. The minimum atomic E-state index is -0.566. The van der Waals surface area contributed by atoms with Gasteiger partial charge in [-0.1, -0.05) is 54.6 Å². The maximum Gasteiger partial charge on any atom is 0.273 e. The zero-order chi connectivity index (χ0) is 21.3. The average Bonchev–Trinajstić information content (AvgIpc) is 2.74. The van der Waals surface area contributed by atoms with Gasteiger partial charge in [0.15, 0.2) is 5.78 Å². The first-order valence-electron chi connectivity index (χ1n) is 9.21. The molecular weight excluding hydrogens is 382 g/mol. The minimum absolute atomic E-state index is 0.0995. The SMILES string of the molecule is Nc1cc(NC2=C(Cc3ccccc3)C(=O)c3ccccc3C2=O)cc([N+](=O)[O-])c1. The lowest BCUT2D eigenvalue weighted by Gasteiger charge is -2.22. The Labute approximate surface area is 172 Å². The van der Waals surface area contributed by atoms with Gasteiger partial charge in [-0.2, -0.15) is 0 Å². The molecule has 0 aliphatic heterocycles. The van der Waals surface area contributed by atoms with Crippen molar-refractivity contribution in [3.05, 3.63) is 111 Å². The number of fused-ring (bicyclic) bond motifs is 1. The Balaban J connectivity index is 1.83. The number of nitrogens with zero attached hydrogens (tertiary/aromatic N) is 1. The number of hydrogen-bond acceptors (Lipinski definition) is 6. The number of carbonyl (C=O) groups is 2. The van der Waals surface area contributed by atoms with Crippen molar-refractivity contribution in [2.45, 2.75) is 6.42 Å².